The maximum atomic E-state index is 13.2. The zero-order chi connectivity index (χ0) is 29.2. The van der Waals surface area contributed by atoms with Crippen molar-refractivity contribution in [3.63, 3.8) is 0 Å². The number of hydrogen-bond acceptors (Lipinski definition) is 6. The number of alkyl halides is 3. The Bertz CT molecular complexity index is 1480. The summed E-state index contributed by atoms with van der Waals surface area (Å²) in [7, 11) is 0. The van der Waals surface area contributed by atoms with Gasteiger partial charge < -0.3 is 15.7 Å². The smallest absolute Gasteiger partial charge is 0.475 e. The molecule has 3 N–H and O–H groups in total. The summed E-state index contributed by atoms with van der Waals surface area (Å²) >= 11 is 0. The molecule has 2 aliphatic heterocycles. The van der Waals surface area contributed by atoms with E-state index in [2.05, 4.69) is 49.4 Å². The van der Waals surface area contributed by atoms with E-state index in [1.807, 2.05) is 30.3 Å². The minimum atomic E-state index is -5.08. The van der Waals surface area contributed by atoms with Crippen LogP contribution < -0.4 is 10.6 Å². The number of carboxylic acid groups (broad SMARTS) is 1. The number of rotatable bonds is 4. The highest BCUT2D eigenvalue weighted by molar-refractivity contribution is 5.94. The largest absolute Gasteiger partial charge is 0.490 e. The maximum Gasteiger partial charge on any atom is 0.490 e. The van der Waals surface area contributed by atoms with Gasteiger partial charge in [0, 0.05) is 31.9 Å². The third-order valence-electron chi connectivity index (χ3n) is 7.83. The van der Waals surface area contributed by atoms with Crippen LogP contribution >= 0.6 is 0 Å². The predicted octanol–water partition coefficient (Wildman–Crippen LogP) is 4.58. The van der Waals surface area contributed by atoms with Crippen LogP contribution in [0.1, 0.15) is 59.4 Å². The van der Waals surface area contributed by atoms with E-state index >= 15 is 0 Å². The second-order valence-electron chi connectivity index (χ2n) is 10.5. The number of amides is 1. The van der Waals surface area contributed by atoms with Crippen molar-refractivity contribution in [3.05, 3.63) is 77.2 Å². The quantitative estimate of drug-likeness (QED) is 0.423. The number of likely N-dealkylation sites (tertiary alicyclic amines) is 1. The number of nitrogens with one attached hydrogen (secondary N) is 2. The molecule has 41 heavy (non-hydrogen) atoms. The summed E-state index contributed by atoms with van der Waals surface area (Å²) in [4.78, 5) is 29.1. The number of aromatic nitrogens is 2. The van der Waals surface area contributed by atoms with Crippen molar-refractivity contribution in [3.8, 4) is 11.9 Å². The van der Waals surface area contributed by atoms with Crippen LogP contribution in [0.3, 0.4) is 0 Å². The molecule has 0 atom stereocenters. The Morgan fingerprint density at radius 1 is 1.15 bits per heavy atom. The summed E-state index contributed by atoms with van der Waals surface area (Å²) in [5.74, 6) is -1.98. The molecule has 0 radical (unpaired) electrons. The molecule has 1 aromatic carbocycles. The lowest BCUT2D eigenvalue weighted by Gasteiger charge is -2.46. The number of nitrogens with zero attached hydrogens (tertiary/aromatic N) is 4. The molecule has 1 amide bonds. The Hall–Kier alpha value is -4.37. The summed E-state index contributed by atoms with van der Waals surface area (Å²) in [5, 5.41) is 23.3. The second kappa shape index (κ2) is 11.2. The fraction of sp³-hybridized carbons (Fsp3) is 0.379. The van der Waals surface area contributed by atoms with Crippen LogP contribution in [0.15, 0.2) is 54.7 Å². The molecule has 2 fully saturated rings. The van der Waals surface area contributed by atoms with Gasteiger partial charge in [-0.3, -0.25) is 14.3 Å². The fourth-order valence-corrected chi connectivity index (χ4v) is 5.49. The van der Waals surface area contributed by atoms with Gasteiger partial charge in [-0.25, -0.2) is 9.78 Å². The molecule has 1 aliphatic carbocycles. The van der Waals surface area contributed by atoms with Crippen molar-refractivity contribution in [1.29, 1.82) is 5.26 Å². The highest BCUT2D eigenvalue weighted by Crippen LogP contribution is 2.44. The van der Waals surface area contributed by atoms with E-state index in [4.69, 9.17) is 9.90 Å². The highest BCUT2D eigenvalue weighted by atomic mass is 19.4. The van der Waals surface area contributed by atoms with Gasteiger partial charge in [0.25, 0.3) is 5.91 Å². The molecule has 0 bridgehead atoms. The molecule has 2 aromatic heterocycles. The van der Waals surface area contributed by atoms with Crippen LogP contribution in [0.5, 0.6) is 0 Å². The molecule has 1 saturated heterocycles. The van der Waals surface area contributed by atoms with Crippen molar-refractivity contribution in [2.24, 2.45) is 0 Å². The summed E-state index contributed by atoms with van der Waals surface area (Å²) in [6.07, 6.45) is 1.86. The van der Waals surface area contributed by atoms with Gasteiger partial charge in [-0.2, -0.15) is 18.4 Å². The van der Waals surface area contributed by atoms with E-state index in [1.54, 1.807) is 6.20 Å². The minimum absolute atomic E-state index is 0.0144. The zero-order valence-corrected chi connectivity index (χ0v) is 22.1. The number of nitriles is 1. The lowest BCUT2D eigenvalue weighted by molar-refractivity contribution is -0.192. The number of carbonyl (C=O) groups is 2. The van der Waals surface area contributed by atoms with E-state index in [-0.39, 0.29) is 11.4 Å². The fourth-order valence-electron chi connectivity index (χ4n) is 5.49. The zero-order valence-electron chi connectivity index (χ0n) is 22.1. The summed E-state index contributed by atoms with van der Waals surface area (Å²) in [5.41, 5.74) is 4.38. The minimum Gasteiger partial charge on any atom is -0.475 e. The third kappa shape index (κ3) is 5.90. The molecular formula is C29H29F3N6O3. The number of halogens is 3. The van der Waals surface area contributed by atoms with Gasteiger partial charge in [0.2, 0.25) is 0 Å². The first kappa shape index (κ1) is 28.2. The van der Waals surface area contributed by atoms with E-state index in [0.29, 0.717) is 17.3 Å². The molecule has 4 heterocycles. The third-order valence-corrected chi connectivity index (χ3v) is 7.83. The Labute approximate surface area is 234 Å². The average molecular weight is 567 g/mol. The van der Waals surface area contributed by atoms with Crippen LogP contribution in [0.4, 0.5) is 18.9 Å². The number of piperidine rings is 1. The molecule has 3 aromatic rings. The van der Waals surface area contributed by atoms with Crippen molar-refractivity contribution in [1.82, 2.24) is 19.8 Å². The SMILES string of the molecule is N#Cc1cccc(CN2CCC3(CC2)Nc2cccnc2-n2c(C(=O)NC4CCC4)ccc23)c1.O=C(O)C(F)(F)F. The standard InChI is InChI=1S/C27H28N6O.C2HF3O2/c28-17-19-4-1-5-20(16-19)18-32-14-11-27(12-15-32)24-10-9-23(26(34)30-21-6-2-7-21)33(24)25-22(31-27)8-3-13-29-25;3-2(4,5)1(6)7/h1,3-5,8-10,13,16,21,31H,2,6-7,11-12,14-15,18H2,(H,30,34);(H,6,7). The molecule has 12 heteroatoms. The van der Waals surface area contributed by atoms with Gasteiger partial charge in [-0.05, 0) is 74.1 Å². The number of anilines is 1. The van der Waals surface area contributed by atoms with Gasteiger partial charge >= 0.3 is 12.1 Å². The predicted molar refractivity (Wildman–Crippen MR) is 143 cm³/mol. The lowest BCUT2D eigenvalue weighted by atomic mass is 9.82. The van der Waals surface area contributed by atoms with Gasteiger partial charge in [-0.1, -0.05) is 12.1 Å². The van der Waals surface area contributed by atoms with Gasteiger partial charge in [0.15, 0.2) is 5.82 Å². The molecular weight excluding hydrogens is 537 g/mol. The Kier molecular flexibility index (Phi) is 7.73. The Balaban J connectivity index is 0.000000431. The average Bonchev–Trinajstić information content (AvgIpc) is 3.39. The number of aliphatic carboxylic acids is 1. The van der Waals surface area contributed by atoms with E-state index in [9.17, 15) is 23.2 Å². The Morgan fingerprint density at radius 2 is 1.88 bits per heavy atom. The van der Waals surface area contributed by atoms with Crippen molar-refractivity contribution in [2.45, 2.75) is 56.4 Å². The molecule has 0 unspecified atom stereocenters. The van der Waals surface area contributed by atoms with Gasteiger partial charge in [0.05, 0.1) is 28.6 Å². The summed E-state index contributed by atoms with van der Waals surface area (Å²) < 4.78 is 33.8. The summed E-state index contributed by atoms with van der Waals surface area (Å²) in [6, 6.07) is 18.4. The maximum absolute atomic E-state index is 13.2. The van der Waals surface area contributed by atoms with Crippen LogP contribution in [0.2, 0.25) is 0 Å². The van der Waals surface area contributed by atoms with Crippen LogP contribution in [-0.4, -0.2) is 56.7 Å². The normalized spacial score (nSPS) is 17.5. The first-order valence-corrected chi connectivity index (χ1v) is 13.4. The number of benzene rings is 1. The Morgan fingerprint density at radius 3 is 2.51 bits per heavy atom. The van der Waals surface area contributed by atoms with Crippen LogP contribution in [0, 0.1) is 11.3 Å². The van der Waals surface area contributed by atoms with Gasteiger partial charge in [0.1, 0.15) is 5.69 Å². The van der Waals surface area contributed by atoms with Crippen molar-refractivity contribution < 1.29 is 27.9 Å². The van der Waals surface area contributed by atoms with Gasteiger partial charge in [-0.15, -0.1) is 0 Å². The van der Waals surface area contributed by atoms with E-state index < -0.39 is 12.1 Å². The number of carbonyl (C=O) groups excluding carboxylic acids is 1. The van der Waals surface area contributed by atoms with Crippen molar-refractivity contribution in [2.75, 3.05) is 18.4 Å². The topological polar surface area (TPSA) is 123 Å². The molecule has 1 spiro atoms. The number of pyridine rings is 1. The van der Waals surface area contributed by atoms with E-state index in [0.717, 1.165) is 62.5 Å². The molecule has 6 rings (SSSR count). The molecule has 214 valence electrons. The highest BCUT2D eigenvalue weighted by Gasteiger charge is 2.43. The van der Waals surface area contributed by atoms with Crippen molar-refractivity contribution >= 4 is 17.6 Å². The molecule has 9 nitrogen and oxygen atoms in total. The molecule has 1 saturated carbocycles. The molecule has 3 aliphatic rings. The first-order chi connectivity index (χ1) is 19.6. The van der Waals surface area contributed by atoms with Crippen LogP contribution in [-0.2, 0) is 16.9 Å². The monoisotopic (exact) mass is 566 g/mol. The number of fused-ring (bicyclic) bond motifs is 4. The van der Waals surface area contributed by atoms with E-state index in [1.165, 1.54) is 12.0 Å². The second-order valence-corrected chi connectivity index (χ2v) is 10.5. The first-order valence-electron chi connectivity index (χ1n) is 13.4. The number of carboxylic acids is 1. The van der Waals surface area contributed by atoms with Crippen LogP contribution in [0.25, 0.3) is 5.82 Å². The summed E-state index contributed by atoms with van der Waals surface area (Å²) in [6.45, 7) is 2.68. The lowest BCUT2D eigenvalue weighted by Crippen LogP contribution is -2.50. The number of hydrogen-bond donors (Lipinski definition) is 3.